The molecule has 0 radical (unpaired) electrons. The van der Waals surface area contributed by atoms with Crippen molar-refractivity contribution in [2.75, 3.05) is 31.6 Å². The van der Waals surface area contributed by atoms with Crippen LogP contribution in [-0.2, 0) is 10.2 Å². The van der Waals surface area contributed by atoms with E-state index < -0.39 is 11.0 Å². The highest BCUT2D eigenvalue weighted by Gasteiger charge is 2.48. The van der Waals surface area contributed by atoms with Crippen LogP contribution in [0, 0.1) is 6.92 Å². The number of benzene rings is 2. The summed E-state index contributed by atoms with van der Waals surface area (Å²) in [6.45, 7) is 7.06. The molecule has 7 nitrogen and oxygen atoms in total. The number of aryl methyl sites for hydroxylation is 1. The lowest BCUT2D eigenvalue weighted by Crippen LogP contribution is -2.47. The van der Waals surface area contributed by atoms with Crippen LogP contribution in [0.15, 0.2) is 36.7 Å². The summed E-state index contributed by atoms with van der Waals surface area (Å²) < 4.78 is 8.32. The van der Waals surface area contributed by atoms with E-state index in [1.54, 1.807) is 0 Å². The Morgan fingerprint density at radius 2 is 2.00 bits per heavy atom. The SMILES string of the molecule is Cc1cc(OCCN2CCC3(CC2)C(=O)Nc2ccc(Cl)cc23)cc2ncn(C3CC(C)(O)C3)c12. The van der Waals surface area contributed by atoms with Gasteiger partial charge in [0.05, 0.1) is 28.4 Å². The largest absolute Gasteiger partial charge is 0.492 e. The van der Waals surface area contributed by atoms with Crippen LogP contribution in [0.5, 0.6) is 5.75 Å². The van der Waals surface area contributed by atoms with Crippen LogP contribution in [0.4, 0.5) is 5.69 Å². The zero-order valence-corrected chi connectivity index (χ0v) is 20.9. The van der Waals surface area contributed by atoms with E-state index in [2.05, 4.69) is 32.8 Å². The highest BCUT2D eigenvalue weighted by Crippen LogP contribution is 2.46. The normalized spacial score (nSPS) is 25.5. The number of aromatic nitrogens is 2. The number of amides is 1. The number of imidazole rings is 1. The van der Waals surface area contributed by atoms with E-state index in [1.165, 1.54) is 0 Å². The summed E-state index contributed by atoms with van der Waals surface area (Å²) in [6, 6.07) is 10.1. The number of anilines is 1. The maximum atomic E-state index is 12.8. The van der Waals surface area contributed by atoms with Gasteiger partial charge in [0.2, 0.25) is 5.91 Å². The van der Waals surface area contributed by atoms with Crippen molar-refractivity contribution < 1.29 is 14.6 Å². The number of carbonyl (C=O) groups is 1. The molecule has 6 rings (SSSR count). The predicted octanol–water partition coefficient (Wildman–Crippen LogP) is 4.45. The molecule has 1 aliphatic carbocycles. The number of halogens is 1. The van der Waals surface area contributed by atoms with Gasteiger partial charge in [-0.3, -0.25) is 9.69 Å². The molecule has 1 saturated carbocycles. The molecule has 1 saturated heterocycles. The third-order valence-corrected chi connectivity index (χ3v) is 8.38. The van der Waals surface area contributed by atoms with Crippen LogP contribution in [-0.4, -0.2) is 57.3 Å². The molecule has 2 N–H and O–H groups in total. The number of rotatable bonds is 5. The highest BCUT2D eigenvalue weighted by atomic mass is 35.5. The standard InChI is InChI=1S/C27H31ClN4O3/c1-17-11-20(13-23-24(17)32(16-29-23)19-14-26(2,34)15-19)35-10-9-31-7-5-27(6-8-31)21-12-18(28)3-4-22(21)30-25(27)33/h3-4,11-13,16,19,34H,5-10,14-15H2,1-2H3,(H,30,33). The number of hydrogen-bond donors (Lipinski definition) is 2. The van der Waals surface area contributed by atoms with Crippen molar-refractivity contribution in [1.82, 2.24) is 14.5 Å². The number of likely N-dealkylation sites (tertiary alicyclic amines) is 1. The topological polar surface area (TPSA) is 79.6 Å². The zero-order chi connectivity index (χ0) is 24.4. The number of fused-ring (bicyclic) bond motifs is 3. The van der Waals surface area contributed by atoms with Crippen LogP contribution in [0.25, 0.3) is 11.0 Å². The van der Waals surface area contributed by atoms with Gasteiger partial charge in [0, 0.05) is 29.4 Å². The third-order valence-electron chi connectivity index (χ3n) is 8.14. The van der Waals surface area contributed by atoms with Gasteiger partial charge in [-0.05, 0) is 88.0 Å². The molecule has 3 aliphatic rings. The first-order valence-corrected chi connectivity index (χ1v) is 12.8. The first-order valence-electron chi connectivity index (χ1n) is 12.4. The van der Waals surface area contributed by atoms with Crippen LogP contribution >= 0.6 is 11.6 Å². The maximum absolute atomic E-state index is 12.8. The molecule has 2 aromatic carbocycles. The van der Waals surface area contributed by atoms with E-state index in [0.717, 1.165) is 78.9 Å². The molecule has 3 heterocycles. The smallest absolute Gasteiger partial charge is 0.235 e. The fraction of sp³-hybridized carbons (Fsp3) is 0.481. The van der Waals surface area contributed by atoms with Crippen molar-refractivity contribution in [2.24, 2.45) is 0 Å². The number of nitrogens with zero attached hydrogens (tertiary/aromatic N) is 3. The molecule has 0 atom stereocenters. The summed E-state index contributed by atoms with van der Waals surface area (Å²) in [4.78, 5) is 19.8. The Kier molecular flexibility index (Phi) is 5.36. The van der Waals surface area contributed by atoms with Crippen molar-refractivity contribution in [3.63, 3.8) is 0 Å². The summed E-state index contributed by atoms with van der Waals surface area (Å²) >= 11 is 6.23. The second-order valence-electron chi connectivity index (χ2n) is 10.7. The molecular formula is C27H31ClN4O3. The monoisotopic (exact) mass is 494 g/mol. The van der Waals surface area contributed by atoms with E-state index in [-0.39, 0.29) is 5.91 Å². The minimum Gasteiger partial charge on any atom is -0.492 e. The van der Waals surface area contributed by atoms with Crippen molar-refractivity contribution >= 4 is 34.2 Å². The van der Waals surface area contributed by atoms with Gasteiger partial charge in [0.25, 0.3) is 0 Å². The molecule has 0 unspecified atom stereocenters. The average Bonchev–Trinajstić information content (AvgIpc) is 3.33. The molecule has 8 heteroatoms. The number of nitrogens with one attached hydrogen (secondary N) is 1. The van der Waals surface area contributed by atoms with Crippen molar-refractivity contribution in [3.05, 3.63) is 52.8 Å². The van der Waals surface area contributed by atoms with E-state index in [9.17, 15) is 9.90 Å². The number of piperidine rings is 1. The van der Waals surface area contributed by atoms with E-state index in [1.807, 2.05) is 37.5 Å². The Hall–Kier alpha value is -2.61. The van der Waals surface area contributed by atoms with Gasteiger partial charge in [-0.15, -0.1) is 0 Å². The fourth-order valence-electron chi connectivity index (χ4n) is 6.19. The Morgan fingerprint density at radius 3 is 2.74 bits per heavy atom. The van der Waals surface area contributed by atoms with Crippen molar-refractivity contribution in [2.45, 2.75) is 56.6 Å². The number of aliphatic hydroxyl groups is 1. The molecule has 1 aromatic heterocycles. The summed E-state index contributed by atoms with van der Waals surface area (Å²) in [5, 5.41) is 13.8. The molecule has 184 valence electrons. The molecule has 2 fully saturated rings. The molecular weight excluding hydrogens is 464 g/mol. The molecule has 35 heavy (non-hydrogen) atoms. The van der Waals surface area contributed by atoms with Gasteiger partial charge < -0.3 is 19.7 Å². The van der Waals surface area contributed by atoms with E-state index >= 15 is 0 Å². The average molecular weight is 495 g/mol. The lowest BCUT2D eigenvalue weighted by atomic mass is 9.73. The Bertz CT molecular complexity index is 1300. The second kappa shape index (κ2) is 8.22. The summed E-state index contributed by atoms with van der Waals surface area (Å²) in [5.41, 5.74) is 4.08. The van der Waals surface area contributed by atoms with Gasteiger partial charge in [0.1, 0.15) is 12.4 Å². The quantitative estimate of drug-likeness (QED) is 0.548. The minimum atomic E-state index is -0.565. The Morgan fingerprint density at radius 1 is 1.23 bits per heavy atom. The van der Waals surface area contributed by atoms with Gasteiger partial charge in [-0.2, -0.15) is 0 Å². The summed E-state index contributed by atoms with van der Waals surface area (Å²) in [6.07, 6.45) is 4.96. The van der Waals surface area contributed by atoms with Crippen LogP contribution in [0.1, 0.15) is 49.8 Å². The first kappa shape index (κ1) is 22.8. The number of carbonyl (C=O) groups excluding carboxylic acids is 1. The Balaban J connectivity index is 1.07. The number of ether oxygens (including phenoxy) is 1. The number of hydrogen-bond acceptors (Lipinski definition) is 5. The van der Waals surface area contributed by atoms with Crippen LogP contribution in [0.2, 0.25) is 5.02 Å². The lowest BCUT2D eigenvalue weighted by Gasteiger charge is -2.41. The summed E-state index contributed by atoms with van der Waals surface area (Å²) in [7, 11) is 0. The maximum Gasteiger partial charge on any atom is 0.235 e. The lowest BCUT2D eigenvalue weighted by molar-refractivity contribution is -0.122. The minimum absolute atomic E-state index is 0.0967. The van der Waals surface area contributed by atoms with Crippen LogP contribution in [0.3, 0.4) is 0 Å². The van der Waals surface area contributed by atoms with Gasteiger partial charge in [0.15, 0.2) is 0 Å². The highest BCUT2D eigenvalue weighted by molar-refractivity contribution is 6.31. The van der Waals surface area contributed by atoms with E-state index in [0.29, 0.717) is 17.7 Å². The van der Waals surface area contributed by atoms with Crippen molar-refractivity contribution in [3.8, 4) is 5.75 Å². The first-order chi connectivity index (χ1) is 16.7. The van der Waals surface area contributed by atoms with Crippen molar-refractivity contribution in [1.29, 1.82) is 0 Å². The molecule has 0 bridgehead atoms. The Labute approximate surface area is 210 Å². The van der Waals surface area contributed by atoms with Crippen LogP contribution < -0.4 is 10.1 Å². The zero-order valence-electron chi connectivity index (χ0n) is 20.2. The van der Waals surface area contributed by atoms with E-state index in [4.69, 9.17) is 16.3 Å². The predicted molar refractivity (Wildman–Crippen MR) is 136 cm³/mol. The summed E-state index contributed by atoms with van der Waals surface area (Å²) in [5.74, 6) is 0.924. The fourth-order valence-corrected chi connectivity index (χ4v) is 6.36. The van der Waals surface area contributed by atoms with Gasteiger partial charge in [-0.1, -0.05) is 11.6 Å². The molecule has 2 aliphatic heterocycles. The molecule has 1 amide bonds. The third kappa shape index (κ3) is 3.90. The van der Waals surface area contributed by atoms with Gasteiger partial charge in [-0.25, -0.2) is 4.98 Å². The molecule has 1 spiro atoms. The van der Waals surface area contributed by atoms with Gasteiger partial charge >= 0.3 is 0 Å². The second-order valence-corrected chi connectivity index (χ2v) is 11.2. The molecule has 3 aromatic rings.